The number of carbonyl (C=O) groups excluding carboxylic acids is 1. The first kappa shape index (κ1) is 13.4. The fourth-order valence-electron chi connectivity index (χ4n) is 3.94. The maximum Gasteiger partial charge on any atom is 0.172 e. The highest BCUT2D eigenvalue weighted by Gasteiger charge is 2.41. The number of nitriles is 1. The van der Waals surface area contributed by atoms with Gasteiger partial charge >= 0.3 is 0 Å². The molecule has 0 radical (unpaired) electrons. The number of hydrogen-bond acceptors (Lipinski definition) is 5. The molecule has 2 fully saturated rings. The summed E-state index contributed by atoms with van der Waals surface area (Å²) in [5.41, 5.74) is 1.52. The average Bonchev–Trinajstić information content (AvgIpc) is 3.01. The van der Waals surface area contributed by atoms with Crippen LogP contribution in [-0.4, -0.2) is 44.4 Å². The predicted molar refractivity (Wildman–Crippen MR) is 79.3 cm³/mol. The maximum atomic E-state index is 12.8. The smallest absolute Gasteiger partial charge is 0.172 e. The highest BCUT2D eigenvalue weighted by molar-refractivity contribution is 5.97. The van der Waals surface area contributed by atoms with Gasteiger partial charge in [0.2, 0.25) is 0 Å². The largest absolute Gasteiger partial charge is 0.300 e. The number of ketones is 1. The Bertz CT molecular complexity index is 775. The molecular formula is C16H17N5O. The lowest BCUT2D eigenvalue weighted by Gasteiger charge is -2.35. The summed E-state index contributed by atoms with van der Waals surface area (Å²) >= 11 is 0. The van der Waals surface area contributed by atoms with E-state index in [1.165, 1.54) is 23.6 Å². The van der Waals surface area contributed by atoms with E-state index in [-0.39, 0.29) is 11.7 Å². The number of Topliss-reactive ketones (excluding diaryl/α,β-unsaturated/α-hetero) is 1. The van der Waals surface area contributed by atoms with E-state index in [2.05, 4.69) is 28.1 Å². The number of carbonyl (C=O) groups is 1. The summed E-state index contributed by atoms with van der Waals surface area (Å²) in [5.74, 6) is 0.243. The van der Waals surface area contributed by atoms with Crippen LogP contribution >= 0.6 is 0 Å². The first-order valence-electron chi connectivity index (χ1n) is 7.67. The van der Waals surface area contributed by atoms with Crippen molar-refractivity contribution in [2.45, 2.75) is 37.8 Å². The zero-order valence-electron chi connectivity index (χ0n) is 12.4. The van der Waals surface area contributed by atoms with Crippen molar-refractivity contribution in [1.29, 1.82) is 5.26 Å². The number of fused-ring (bicyclic) bond motifs is 3. The first-order chi connectivity index (χ1) is 10.7. The summed E-state index contributed by atoms with van der Waals surface area (Å²) < 4.78 is 1.52. The fourth-order valence-corrected chi connectivity index (χ4v) is 3.94. The van der Waals surface area contributed by atoms with Crippen LogP contribution in [0.15, 0.2) is 18.6 Å². The second-order valence-electron chi connectivity index (χ2n) is 6.36. The summed E-state index contributed by atoms with van der Waals surface area (Å²) in [6.45, 7) is 0. The molecule has 0 saturated carbocycles. The molecule has 2 aliphatic rings. The van der Waals surface area contributed by atoms with Crippen molar-refractivity contribution in [3.8, 4) is 6.07 Å². The SMILES string of the molecule is CN1C2CCC1CC(C(=O)c1cnc3c(C#N)cnn3c1)C2. The molecule has 112 valence electrons. The Morgan fingerprint density at radius 1 is 1.32 bits per heavy atom. The van der Waals surface area contributed by atoms with Crippen LogP contribution in [0, 0.1) is 17.2 Å². The van der Waals surface area contributed by atoms with E-state index >= 15 is 0 Å². The highest BCUT2D eigenvalue weighted by atomic mass is 16.1. The second-order valence-corrected chi connectivity index (χ2v) is 6.36. The molecule has 2 atom stereocenters. The molecule has 2 aliphatic heterocycles. The minimum Gasteiger partial charge on any atom is -0.300 e. The molecule has 6 heteroatoms. The van der Waals surface area contributed by atoms with Gasteiger partial charge in [-0.25, -0.2) is 9.50 Å². The predicted octanol–water partition coefficient (Wildman–Crippen LogP) is 1.66. The van der Waals surface area contributed by atoms with Crippen LogP contribution < -0.4 is 0 Å². The lowest BCUT2D eigenvalue weighted by molar-refractivity contribution is 0.0766. The number of nitrogens with zero attached hydrogens (tertiary/aromatic N) is 5. The Hall–Kier alpha value is -2.26. The van der Waals surface area contributed by atoms with E-state index in [1.54, 1.807) is 12.4 Å². The molecule has 6 nitrogen and oxygen atoms in total. The van der Waals surface area contributed by atoms with Gasteiger partial charge in [0.25, 0.3) is 0 Å². The normalized spacial score (nSPS) is 27.9. The third-order valence-electron chi connectivity index (χ3n) is 5.23. The quantitative estimate of drug-likeness (QED) is 0.788. The molecule has 2 aromatic rings. The van der Waals surface area contributed by atoms with Gasteiger partial charge in [0.05, 0.1) is 11.8 Å². The summed E-state index contributed by atoms with van der Waals surface area (Å²) in [6, 6.07) is 3.13. The molecule has 0 amide bonds. The molecule has 4 rings (SSSR count). The Labute approximate surface area is 128 Å². The molecule has 4 heterocycles. The van der Waals surface area contributed by atoms with Gasteiger partial charge in [-0.3, -0.25) is 4.79 Å². The topological polar surface area (TPSA) is 74.3 Å². The highest BCUT2D eigenvalue weighted by Crippen LogP contribution is 2.38. The van der Waals surface area contributed by atoms with Crippen molar-refractivity contribution in [3.63, 3.8) is 0 Å². The summed E-state index contributed by atoms with van der Waals surface area (Å²) in [5, 5.41) is 13.1. The molecule has 0 spiro atoms. The van der Waals surface area contributed by atoms with Gasteiger partial charge in [0, 0.05) is 30.4 Å². The minimum absolute atomic E-state index is 0.0824. The molecule has 2 bridgehead atoms. The van der Waals surface area contributed by atoms with Crippen LogP contribution in [0.5, 0.6) is 0 Å². The monoisotopic (exact) mass is 295 g/mol. The van der Waals surface area contributed by atoms with Crippen molar-refractivity contribution < 1.29 is 4.79 Å². The number of piperidine rings is 1. The molecule has 0 aromatic carbocycles. The van der Waals surface area contributed by atoms with Crippen LogP contribution in [0.4, 0.5) is 0 Å². The molecule has 2 unspecified atom stereocenters. The van der Waals surface area contributed by atoms with E-state index in [0.717, 1.165) is 12.8 Å². The number of hydrogen-bond donors (Lipinski definition) is 0. The summed E-state index contributed by atoms with van der Waals surface area (Å²) in [4.78, 5) is 19.5. The Morgan fingerprint density at radius 2 is 2.05 bits per heavy atom. The molecular weight excluding hydrogens is 278 g/mol. The average molecular weight is 295 g/mol. The van der Waals surface area contributed by atoms with Crippen LogP contribution in [0.2, 0.25) is 0 Å². The van der Waals surface area contributed by atoms with E-state index in [4.69, 9.17) is 5.26 Å². The maximum absolute atomic E-state index is 12.8. The van der Waals surface area contributed by atoms with Gasteiger partial charge in [-0.2, -0.15) is 10.4 Å². The Morgan fingerprint density at radius 3 is 2.73 bits per heavy atom. The lowest BCUT2D eigenvalue weighted by Crippen LogP contribution is -2.42. The third-order valence-corrected chi connectivity index (χ3v) is 5.23. The van der Waals surface area contributed by atoms with Gasteiger partial charge in [-0.15, -0.1) is 0 Å². The van der Waals surface area contributed by atoms with E-state index in [0.29, 0.717) is 28.9 Å². The second kappa shape index (κ2) is 4.89. The van der Waals surface area contributed by atoms with E-state index in [1.807, 2.05) is 0 Å². The van der Waals surface area contributed by atoms with Crippen molar-refractivity contribution in [2.24, 2.45) is 5.92 Å². The van der Waals surface area contributed by atoms with Crippen LogP contribution in [0.1, 0.15) is 41.6 Å². The van der Waals surface area contributed by atoms with Gasteiger partial charge in [-0.1, -0.05) is 0 Å². The van der Waals surface area contributed by atoms with Gasteiger partial charge in [0.1, 0.15) is 11.6 Å². The Kier molecular flexibility index (Phi) is 2.98. The van der Waals surface area contributed by atoms with Crippen molar-refractivity contribution in [3.05, 3.63) is 29.7 Å². The summed E-state index contributed by atoms with van der Waals surface area (Å²) in [7, 11) is 2.17. The van der Waals surface area contributed by atoms with Crippen LogP contribution in [0.25, 0.3) is 5.65 Å². The van der Waals surface area contributed by atoms with Crippen molar-refractivity contribution in [1.82, 2.24) is 19.5 Å². The zero-order valence-corrected chi connectivity index (χ0v) is 12.4. The molecule has 2 saturated heterocycles. The third kappa shape index (κ3) is 1.93. The van der Waals surface area contributed by atoms with Crippen molar-refractivity contribution in [2.75, 3.05) is 7.05 Å². The minimum atomic E-state index is 0.0824. The molecule has 0 aliphatic carbocycles. The van der Waals surface area contributed by atoms with Gasteiger partial charge < -0.3 is 4.90 Å². The van der Waals surface area contributed by atoms with E-state index < -0.39 is 0 Å². The molecule has 2 aromatic heterocycles. The first-order valence-corrected chi connectivity index (χ1v) is 7.67. The van der Waals surface area contributed by atoms with Crippen LogP contribution in [0.3, 0.4) is 0 Å². The fraction of sp³-hybridized carbons (Fsp3) is 0.500. The van der Waals surface area contributed by atoms with Crippen molar-refractivity contribution >= 4 is 11.4 Å². The lowest BCUT2D eigenvalue weighted by atomic mass is 9.86. The Balaban J connectivity index is 1.62. The molecule has 22 heavy (non-hydrogen) atoms. The number of aromatic nitrogens is 3. The van der Waals surface area contributed by atoms with Crippen LogP contribution in [-0.2, 0) is 0 Å². The van der Waals surface area contributed by atoms with Gasteiger partial charge in [-0.05, 0) is 32.7 Å². The standard InChI is InChI=1S/C16H17N5O/c1-20-13-2-3-14(20)5-10(4-13)15(22)12-7-18-16-11(6-17)8-19-21(16)9-12/h7-10,13-14H,2-5H2,1H3. The molecule has 0 N–H and O–H groups in total. The zero-order chi connectivity index (χ0) is 15.3. The number of rotatable bonds is 2. The van der Waals surface area contributed by atoms with Gasteiger partial charge in [0.15, 0.2) is 11.4 Å². The summed E-state index contributed by atoms with van der Waals surface area (Å²) in [6.07, 6.45) is 9.04. The van der Waals surface area contributed by atoms with E-state index in [9.17, 15) is 4.79 Å².